The Balaban J connectivity index is 1.42. The molecule has 46 heavy (non-hydrogen) atoms. The summed E-state index contributed by atoms with van der Waals surface area (Å²) in [6, 6.07) is 35.5. The van der Waals surface area contributed by atoms with E-state index in [0.717, 1.165) is 28.1 Å². The van der Waals surface area contributed by atoms with E-state index in [4.69, 9.17) is 14.5 Å². The van der Waals surface area contributed by atoms with E-state index in [1.54, 1.807) is 0 Å². The summed E-state index contributed by atoms with van der Waals surface area (Å²) in [5.41, 5.74) is 5.20. The van der Waals surface area contributed by atoms with Crippen molar-refractivity contribution in [2.24, 2.45) is 5.41 Å². The van der Waals surface area contributed by atoms with Crippen LogP contribution >= 0.6 is 0 Å². The summed E-state index contributed by atoms with van der Waals surface area (Å²) in [6.07, 6.45) is 0.693. The fourth-order valence-corrected chi connectivity index (χ4v) is 5.45. The molecule has 0 aliphatic carbocycles. The van der Waals surface area contributed by atoms with Gasteiger partial charge in [0.05, 0.1) is 6.54 Å². The van der Waals surface area contributed by atoms with Crippen molar-refractivity contribution < 1.29 is 9.47 Å². The molecule has 0 saturated carbocycles. The first-order valence-corrected chi connectivity index (χ1v) is 15.1. The summed E-state index contributed by atoms with van der Waals surface area (Å²) < 4.78 is 14.8. The van der Waals surface area contributed by atoms with Gasteiger partial charge < -0.3 is 14.0 Å². The number of H-pyrrole nitrogens is 1. The summed E-state index contributed by atoms with van der Waals surface area (Å²) in [5, 5.41) is 23.9. The molecular weight excluding hydrogens is 576 g/mol. The van der Waals surface area contributed by atoms with Gasteiger partial charge in [0, 0.05) is 12.0 Å². The fraction of sp³-hybridized carbons (Fsp3) is 0.167. The zero-order valence-corrected chi connectivity index (χ0v) is 25.8. The predicted octanol–water partition coefficient (Wildman–Crippen LogP) is 7.89. The van der Waals surface area contributed by atoms with Crippen LogP contribution in [-0.4, -0.2) is 40.4 Å². The van der Waals surface area contributed by atoms with Crippen molar-refractivity contribution in [2.45, 2.75) is 33.7 Å². The molecule has 0 fully saturated rings. The van der Waals surface area contributed by atoms with Crippen LogP contribution in [0.4, 0.5) is 0 Å². The third-order valence-electron chi connectivity index (χ3n) is 7.44. The maximum absolute atomic E-state index is 6.38. The first-order chi connectivity index (χ1) is 22.4. The number of imidazole rings is 1. The highest BCUT2D eigenvalue weighted by Gasteiger charge is 2.26. The molecule has 0 spiro atoms. The normalized spacial score (nSPS) is 11.5. The molecule has 0 aliphatic rings. The number of hydrogen-bond acceptors (Lipinski definition) is 8. The van der Waals surface area contributed by atoms with Crippen molar-refractivity contribution in [1.82, 2.24) is 40.4 Å². The molecule has 10 nitrogen and oxygen atoms in total. The van der Waals surface area contributed by atoms with E-state index >= 15 is 0 Å². The van der Waals surface area contributed by atoms with Gasteiger partial charge >= 0.3 is 0 Å². The van der Waals surface area contributed by atoms with Crippen LogP contribution in [0.1, 0.15) is 32.2 Å². The number of aromatic nitrogens is 8. The third kappa shape index (κ3) is 6.05. The largest absolute Gasteiger partial charge is 0.436 e. The zero-order chi connectivity index (χ0) is 31.5. The lowest BCUT2D eigenvalue weighted by Gasteiger charge is -2.20. The van der Waals surface area contributed by atoms with Crippen molar-refractivity contribution in [2.75, 3.05) is 0 Å². The first kappa shape index (κ1) is 28.8. The van der Waals surface area contributed by atoms with Crippen LogP contribution in [0.5, 0.6) is 23.3 Å². The maximum Gasteiger partial charge on any atom is 0.267 e. The number of fused-ring (bicyclic) bond motifs is 1. The number of benzene rings is 4. The summed E-state index contributed by atoms with van der Waals surface area (Å²) in [7, 11) is 0. The Hall–Kier alpha value is -5.90. The molecule has 0 amide bonds. The van der Waals surface area contributed by atoms with E-state index in [1.165, 1.54) is 0 Å². The van der Waals surface area contributed by atoms with Gasteiger partial charge in [0.1, 0.15) is 22.8 Å². The van der Waals surface area contributed by atoms with E-state index in [2.05, 4.69) is 74.4 Å². The predicted molar refractivity (Wildman–Crippen MR) is 176 cm³/mol. The van der Waals surface area contributed by atoms with Crippen molar-refractivity contribution >= 4 is 11.0 Å². The molecule has 7 rings (SSSR count). The molecule has 1 N–H and O–H groups in total. The van der Waals surface area contributed by atoms with Gasteiger partial charge in [0.2, 0.25) is 5.82 Å². The third-order valence-corrected chi connectivity index (χ3v) is 7.44. The van der Waals surface area contributed by atoms with Crippen LogP contribution in [0.3, 0.4) is 0 Å². The number of tetrazole rings is 1. The highest BCUT2D eigenvalue weighted by atomic mass is 16.5. The molecule has 3 aromatic heterocycles. The number of aromatic amines is 1. The van der Waals surface area contributed by atoms with Gasteiger partial charge in [0.15, 0.2) is 5.52 Å². The van der Waals surface area contributed by atoms with Gasteiger partial charge in [-0.3, -0.25) is 0 Å². The minimum atomic E-state index is -0.0639. The molecule has 0 atom stereocenters. The average Bonchev–Trinajstić information content (AvgIpc) is 3.72. The highest BCUT2D eigenvalue weighted by Crippen LogP contribution is 2.38. The van der Waals surface area contributed by atoms with Crippen molar-refractivity contribution in [3.05, 3.63) is 121 Å². The Kier molecular flexibility index (Phi) is 7.67. The second-order valence-electron chi connectivity index (χ2n) is 12.1. The van der Waals surface area contributed by atoms with Crippen molar-refractivity contribution in [1.29, 1.82) is 0 Å². The van der Waals surface area contributed by atoms with Crippen molar-refractivity contribution in [3.8, 4) is 45.8 Å². The first-order valence-electron chi connectivity index (χ1n) is 15.1. The van der Waals surface area contributed by atoms with Crippen LogP contribution in [0, 0.1) is 5.41 Å². The number of para-hydroxylation sites is 2. The lowest BCUT2D eigenvalue weighted by atomic mass is 9.91. The fourth-order valence-electron chi connectivity index (χ4n) is 5.45. The van der Waals surface area contributed by atoms with Crippen LogP contribution in [0.25, 0.3) is 33.5 Å². The number of nitrogens with zero attached hydrogens (tertiary/aromatic N) is 7. The van der Waals surface area contributed by atoms with Gasteiger partial charge in [0.25, 0.3) is 11.8 Å². The molecule has 3 heterocycles. The monoisotopic (exact) mass is 608 g/mol. The smallest absolute Gasteiger partial charge is 0.267 e. The van der Waals surface area contributed by atoms with Gasteiger partial charge in [-0.1, -0.05) is 106 Å². The quantitative estimate of drug-likeness (QED) is 0.176. The SMILES string of the molecule is CC(C)(C)Cc1nc2c(Oc3ccccc3)nnc(Oc3ccccc3)c2n1Cc1ccccc1-c1ccccc1-c1nn[nH]n1. The molecule has 4 aromatic carbocycles. The van der Waals surface area contributed by atoms with E-state index in [0.29, 0.717) is 53.1 Å². The van der Waals surface area contributed by atoms with Gasteiger partial charge in [-0.2, -0.15) is 5.21 Å². The molecular formula is C36H32N8O2. The van der Waals surface area contributed by atoms with Crippen LogP contribution in [-0.2, 0) is 13.0 Å². The molecule has 0 saturated heterocycles. The van der Waals surface area contributed by atoms with Gasteiger partial charge in [-0.25, -0.2) is 4.98 Å². The lowest BCUT2D eigenvalue weighted by Crippen LogP contribution is -2.15. The minimum Gasteiger partial charge on any atom is -0.436 e. The number of hydrogen-bond donors (Lipinski definition) is 1. The highest BCUT2D eigenvalue weighted by molar-refractivity contribution is 5.86. The molecule has 0 aliphatic heterocycles. The Morgan fingerprint density at radius 1 is 0.652 bits per heavy atom. The maximum atomic E-state index is 6.38. The molecule has 7 aromatic rings. The van der Waals surface area contributed by atoms with Gasteiger partial charge in [-0.05, 0) is 51.6 Å². The Labute approximate surface area is 266 Å². The Morgan fingerprint density at radius 2 is 1.24 bits per heavy atom. The van der Waals surface area contributed by atoms with Crippen LogP contribution in [0.2, 0.25) is 0 Å². The van der Waals surface area contributed by atoms with E-state index in [9.17, 15) is 0 Å². The summed E-state index contributed by atoms with van der Waals surface area (Å²) in [4.78, 5) is 5.18. The van der Waals surface area contributed by atoms with Gasteiger partial charge in [-0.15, -0.1) is 20.4 Å². The molecule has 228 valence electrons. The number of ether oxygens (including phenoxy) is 2. The molecule has 0 bridgehead atoms. The summed E-state index contributed by atoms with van der Waals surface area (Å²) in [5.74, 6) is 3.35. The van der Waals surface area contributed by atoms with Crippen LogP contribution < -0.4 is 9.47 Å². The summed E-state index contributed by atoms with van der Waals surface area (Å²) in [6.45, 7) is 7.08. The van der Waals surface area contributed by atoms with E-state index in [-0.39, 0.29) is 5.41 Å². The Morgan fingerprint density at radius 3 is 1.89 bits per heavy atom. The van der Waals surface area contributed by atoms with Crippen molar-refractivity contribution in [3.63, 3.8) is 0 Å². The molecule has 0 radical (unpaired) electrons. The van der Waals surface area contributed by atoms with E-state index in [1.807, 2.05) is 91.0 Å². The number of rotatable bonds is 9. The van der Waals surface area contributed by atoms with E-state index < -0.39 is 0 Å². The lowest BCUT2D eigenvalue weighted by molar-refractivity contribution is 0.394. The standard InChI is InChI=1S/C36H32N8O2/c1-36(2,3)22-30-37-31-32(35(46-26-17-8-5-9-18-26)41-40-34(31)45-25-15-6-4-7-16-25)44(30)23-24-14-10-11-19-27(24)28-20-12-13-21-29(28)33-38-42-43-39-33/h4-21H,22-23H2,1-3H3,(H,38,39,42,43). The Bertz CT molecular complexity index is 2090. The average molecular weight is 609 g/mol. The summed E-state index contributed by atoms with van der Waals surface area (Å²) >= 11 is 0. The second kappa shape index (κ2) is 12.2. The molecule has 10 heteroatoms. The number of nitrogens with one attached hydrogen (secondary N) is 1. The zero-order valence-electron chi connectivity index (χ0n) is 25.8. The van der Waals surface area contributed by atoms with Crippen LogP contribution in [0.15, 0.2) is 109 Å². The topological polar surface area (TPSA) is 117 Å². The molecule has 0 unspecified atom stereocenters. The second-order valence-corrected chi connectivity index (χ2v) is 12.1. The minimum absolute atomic E-state index is 0.0639.